The number of hydrogen-bond acceptors (Lipinski definition) is 3. The van der Waals surface area contributed by atoms with Crippen molar-refractivity contribution in [2.45, 2.75) is 25.8 Å². The number of benzene rings is 1. The van der Waals surface area contributed by atoms with E-state index in [0.717, 1.165) is 22.4 Å². The smallest absolute Gasteiger partial charge is 0.312 e. The quantitative estimate of drug-likeness (QED) is 0.943. The maximum Gasteiger partial charge on any atom is 0.312 e. The molecule has 0 fully saturated rings. The molecule has 5 heteroatoms. The first-order valence-corrected chi connectivity index (χ1v) is 7.54. The molecule has 2 aromatic rings. The number of carboxylic acids is 1. The molecule has 1 N–H and O–H groups in total. The van der Waals surface area contributed by atoms with Crippen LogP contribution in [0.5, 0.6) is 0 Å². The average Bonchev–Trinajstić information content (AvgIpc) is 2.55. The van der Waals surface area contributed by atoms with Crippen molar-refractivity contribution in [3.05, 3.63) is 65.0 Å². The van der Waals surface area contributed by atoms with Crippen molar-refractivity contribution in [2.75, 3.05) is 6.54 Å². The number of aromatic nitrogens is 1. The fraction of sp³-hybridized carbons (Fsp3) is 0.278. The van der Waals surface area contributed by atoms with Crippen LogP contribution in [0.25, 0.3) is 0 Å². The van der Waals surface area contributed by atoms with E-state index in [-0.39, 0.29) is 18.9 Å². The number of fused-ring (bicyclic) bond motifs is 1. The summed E-state index contributed by atoms with van der Waals surface area (Å²) in [6.07, 6.45) is 1.93. The minimum absolute atomic E-state index is 0.0728. The van der Waals surface area contributed by atoms with Gasteiger partial charge in [-0.2, -0.15) is 0 Å². The van der Waals surface area contributed by atoms with Crippen LogP contribution in [-0.4, -0.2) is 33.4 Å². The molecular weight excluding hydrogens is 292 g/mol. The summed E-state index contributed by atoms with van der Waals surface area (Å²) in [5, 5.41) is 9.46. The van der Waals surface area contributed by atoms with Gasteiger partial charge in [0.05, 0.1) is 12.3 Å². The molecule has 0 unspecified atom stereocenters. The number of aryl methyl sites for hydroxylation is 1. The van der Waals surface area contributed by atoms with Crippen LogP contribution in [0.4, 0.5) is 0 Å². The van der Waals surface area contributed by atoms with E-state index in [4.69, 9.17) is 0 Å². The van der Waals surface area contributed by atoms with Gasteiger partial charge in [0.25, 0.3) is 0 Å². The second kappa shape index (κ2) is 6.20. The van der Waals surface area contributed by atoms with Gasteiger partial charge in [-0.05, 0) is 29.7 Å². The lowest BCUT2D eigenvalue weighted by Gasteiger charge is -2.33. The Labute approximate surface area is 134 Å². The molecule has 1 aliphatic heterocycles. The molecule has 23 heavy (non-hydrogen) atoms. The van der Waals surface area contributed by atoms with Crippen molar-refractivity contribution >= 4 is 11.9 Å². The molecule has 1 amide bonds. The zero-order valence-corrected chi connectivity index (χ0v) is 12.9. The van der Waals surface area contributed by atoms with Crippen molar-refractivity contribution in [2.24, 2.45) is 0 Å². The van der Waals surface area contributed by atoms with Crippen molar-refractivity contribution in [3.8, 4) is 0 Å². The van der Waals surface area contributed by atoms with E-state index in [1.165, 1.54) is 0 Å². The Bertz CT molecular complexity index is 740. The SMILES string of the molecule is Cc1ccc(CC(=O)N2Cc3ccccc3[C@H](C(=O)O)C2)cn1. The largest absolute Gasteiger partial charge is 0.481 e. The Morgan fingerprint density at radius 2 is 2.04 bits per heavy atom. The van der Waals surface area contributed by atoms with Gasteiger partial charge in [-0.25, -0.2) is 0 Å². The number of carbonyl (C=O) groups is 2. The lowest BCUT2D eigenvalue weighted by atomic mass is 9.89. The highest BCUT2D eigenvalue weighted by atomic mass is 16.4. The highest BCUT2D eigenvalue weighted by Gasteiger charge is 2.32. The fourth-order valence-corrected chi connectivity index (χ4v) is 2.90. The van der Waals surface area contributed by atoms with Gasteiger partial charge in [-0.3, -0.25) is 14.6 Å². The van der Waals surface area contributed by atoms with Gasteiger partial charge in [0.1, 0.15) is 0 Å². The molecule has 2 heterocycles. The molecule has 1 aliphatic rings. The molecule has 5 nitrogen and oxygen atoms in total. The van der Waals surface area contributed by atoms with E-state index >= 15 is 0 Å². The third-order valence-electron chi connectivity index (χ3n) is 4.17. The van der Waals surface area contributed by atoms with Crippen LogP contribution < -0.4 is 0 Å². The molecule has 1 atom stereocenters. The number of carbonyl (C=O) groups excluding carboxylic acids is 1. The second-order valence-electron chi connectivity index (χ2n) is 5.85. The molecule has 1 aromatic carbocycles. The Balaban J connectivity index is 1.79. The van der Waals surface area contributed by atoms with Crippen molar-refractivity contribution in [1.29, 1.82) is 0 Å². The fourth-order valence-electron chi connectivity index (χ4n) is 2.90. The predicted molar refractivity (Wildman–Crippen MR) is 84.9 cm³/mol. The van der Waals surface area contributed by atoms with Gasteiger partial charge < -0.3 is 10.0 Å². The topological polar surface area (TPSA) is 70.5 Å². The van der Waals surface area contributed by atoms with Crippen LogP contribution in [0.2, 0.25) is 0 Å². The van der Waals surface area contributed by atoms with Gasteiger partial charge in [-0.1, -0.05) is 30.3 Å². The number of carboxylic acid groups (broad SMARTS) is 1. The Morgan fingerprint density at radius 1 is 1.26 bits per heavy atom. The zero-order valence-electron chi connectivity index (χ0n) is 12.9. The predicted octanol–water partition coefficient (Wildman–Crippen LogP) is 2.14. The first kappa shape index (κ1) is 15.2. The van der Waals surface area contributed by atoms with E-state index in [1.807, 2.05) is 43.3 Å². The summed E-state index contributed by atoms with van der Waals surface area (Å²) in [7, 11) is 0. The molecule has 0 aliphatic carbocycles. The third kappa shape index (κ3) is 3.23. The molecule has 0 saturated heterocycles. The van der Waals surface area contributed by atoms with E-state index in [2.05, 4.69) is 4.98 Å². The second-order valence-corrected chi connectivity index (χ2v) is 5.85. The van der Waals surface area contributed by atoms with E-state index in [1.54, 1.807) is 11.1 Å². The Morgan fingerprint density at radius 3 is 2.74 bits per heavy atom. The summed E-state index contributed by atoms with van der Waals surface area (Å²) >= 11 is 0. The highest BCUT2D eigenvalue weighted by molar-refractivity contribution is 5.82. The van der Waals surface area contributed by atoms with Gasteiger partial charge in [-0.15, -0.1) is 0 Å². The number of amides is 1. The number of nitrogens with zero attached hydrogens (tertiary/aromatic N) is 2. The summed E-state index contributed by atoms with van der Waals surface area (Å²) in [6, 6.07) is 11.2. The summed E-state index contributed by atoms with van der Waals surface area (Å²) in [5.74, 6) is -1.64. The third-order valence-corrected chi connectivity index (χ3v) is 4.17. The number of aliphatic carboxylic acids is 1. The molecule has 1 aromatic heterocycles. The van der Waals surface area contributed by atoms with E-state index < -0.39 is 11.9 Å². The lowest BCUT2D eigenvalue weighted by molar-refractivity contribution is -0.141. The Hall–Kier alpha value is -2.69. The number of rotatable bonds is 3. The summed E-state index contributed by atoms with van der Waals surface area (Å²) in [6.45, 7) is 2.56. The maximum atomic E-state index is 12.5. The number of pyridine rings is 1. The van der Waals surface area contributed by atoms with E-state index in [0.29, 0.717) is 6.54 Å². The summed E-state index contributed by atoms with van der Waals surface area (Å²) < 4.78 is 0. The first-order valence-electron chi connectivity index (χ1n) is 7.54. The minimum Gasteiger partial charge on any atom is -0.481 e. The van der Waals surface area contributed by atoms with Crippen molar-refractivity contribution in [1.82, 2.24) is 9.88 Å². The van der Waals surface area contributed by atoms with Crippen LogP contribution in [0.15, 0.2) is 42.6 Å². The van der Waals surface area contributed by atoms with Crippen molar-refractivity contribution in [3.63, 3.8) is 0 Å². The summed E-state index contributed by atoms with van der Waals surface area (Å²) in [4.78, 5) is 29.9. The van der Waals surface area contributed by atoms with Gasteiger partial charge in [0, 0.05) is 25.0 Å². The van der Waals surface area contributed by atoms with Crippen LogP contribution in [-0.2, 0) is 22.6 Å². The van der Waals surface area contributed by atoms with Gasteiger partial charge in [0.2, 0.25) is 5.91 Å². The molecule has 0 saturated carbocycles. The number of hydrogen-bond donors (Lipinski definition) is 1. The molecule has 0 spiro atoms. The molecule has 3 rings (SSSR count). The van der Waals surface area contributed by atoms with Crippen LogP contribution in [0, 0.1) is 6.92 Å². The monoisotopic (exact) mass is 310 g/mol. The molecule has 0 radical (unpaired) electrons. The van der Waals surface area contributed by atoms with E-state index in [9.17, 15) is 14.7 Å². The average molecular weight is 310 g/mol. The van der Waals surface area contributed by atoms with Crippen LogP contribution >= 0.6 is 0 Å². The van der Waals surface area contributed by atoms with Gasteiger partial charge >= 0.3 is 5.97 Å². The molecular formula is C18H18N2O3. The standard InChI is InChI=1S/C18H18N2O3/c1-12-6-7-13(9-19-12)8-17(21)20-10-14-4-2-3-5-15(14)16(11-20)18(22)23/h2-7,9,16H,8,10-11H2,1H3,(H,22,23)/t16-/m1/s1. The van der Waals surface area contributed by atoms with Gasteiger partial charge in [0.15, 0.2) is 0 Å². The van der Waals surface area contributed by atoms with Crippen molar-refractivity contribution < 1.29 is 14.7 Å². The van der Waals surface area contributed by atoms with Crippen LogP contribution in [0.3, 0.4) is 0 Å². The molecule has 118 valence electrons. The first-order chi connectivity index (χ1) is 11.0. The zero-order chi connectivity index (χ0) is 16.4. The molecule has 0 bridgehead atoms. The van der Waals surface area contributed by atoms with Crippen LogP contribution in [0.1, 0.15) is 28.3 Å². The highest BCUT2D eigenvalue weighted by Crippen LogP contribution is 2.28. The normalized spacial score (nSPS) is 16.7. The minimum atomic E-state index is -0.896. The summed E-state index contributed by atoms with van der Waals surface area (Å²) in [5.41, 5.74) is 3.45. The Kier molecular flexibility index (Phi) is 4.10. The lowest BCUT2D eigenvalue weighted by Crippen LogP contribution is -2.41. The maximum absolute atomic E-state index is 12.5.